The second-order valence-electron chi connectivity index (χ2n) is 4.48. The Balaban J connectivity index is 1.92. The van der Waals surface area contributed by atoms with E-state index in [2.05, 4.69) is 15.0 Å². The van der Waals surface area contributed by atoms with Crippen LogP contribution in [0.5, 0.6) is 0 Å². The maximum atomic E-state index is 11.7. The first-order chi connectivity index (χ1) is 8.78. The molecule has 0 bridgehead atoms. The molecule has 0 aliphatic carbocycles. The van der Waals surface area contributed by atoms with Crippen molar-refractivity contribution in [1.82, 2.24) is 0 Å². The number of oxime groups is 1. The number of ketones is 1. The van der Waals surface area contributed by atoms with Gasteiger partial charge in [0.05, 0.1) is 17.9 Å². The van der Waals surface area contributed by atoms with Crippen molar-refractivity contribution in [1.29, 1.82) is 0 Å². The highest BCUT2D eigenvalue weighted by molar-refractivity contribution is 6.10. The Bertz CT molecular complexity index is 563. The van der Waals surface area contributed by atoms with Gasteiger partial charge in [0.1, 0.15) is 0 Å². The van der Waals surface area contributed by atoms with Crippen LogP contribution in [0, 0.1) is 0 Å². The SMILES string of the molecule is O=C1CC=Nc2cc(N3CCC(=NO)C3)ccc21. The first-order valence-corrected chi connectivity index (χ1v) is 5.92. The molecule has 0 amide bonds. The molecule has 1 fully saturated rings. The summed E-state index contributed by atoms with van der Waals surface area (Å²) in [6.07, 6.45) is 2.81. The third-order valence-corrected chi connectivity index (χ3v) is 3.34. The van der Waals surface area contributed by atoms with Gasteiger partial charge in [-0.3, -0.25) is 9.79 Å². The van der Waals surface area contributed by atoms with Gasteiger partial charge in [-0.15, -0.1) is 0 Å². The monoisotopic (exact) mass is 243 g/mol. The van der Waals surface area contributed by atoms with Crippen LogP contribution >= 0.6 is 0 Å². The van der Waals surface area contributed by atoms with E-state index in [1.54, 1.807) is 6.21 Å². The van der Waals surface area contributed by atoms with E-state index in [4.69, 9.17) is 5.21 Å². The highest BCUT2D eigenvalue weighted by Crippen LogP contribution is 2.30. The summed E-state index contributed by atoms with van der Waals surface area (Å²) in [5, 5.41) is 12.0. The van der Waals surface area contributed by atoms with Crippen molar-refractivity contribution in [3.8, 4) is 0 Å². The van der Waals surface area contributed by atoms with Crippen LogP contribution in [0.3, 0.4) is 0 Å². The van der Waals surface area contributed by atoms with Gasteiger partial charge in [0.25, 0.3) is 0 Å². The number of hydrogen-bond acceptors (Lipinski definition) is 5. The summed E-state index contributed by atoms with van der Waals surface area (Å²) in [6.45, 7) is 1.46. The minimum atomic E-state index is 0.116. The molecular weight excluding hydrogens is 230 g/mol. The number of fused-ring (bicyclic) bond motifs is 1. The van der Waals surface area contributed by atoms with Gasteiger partial charge in [-0.2, -0.15) is 0 Å². The minimum absolute atomic E-state index is 0.116. The van der Waals surface area contributed by atoms with Crippen molar-refractivity contribution >= 4 is 29.1 Å². The zero-order valence-corrected chi connectivity index (χ0v) is 9.83. The van der Waals surface area contributed by atoms with Gasteiger partial charge in [0.2, 0.25) is 0 Å². The molecule has 0 saturated carbocycles. The summed E-state index contributed by atoms with van der Waals surface area (Å²) >= 11 is 0. The number of Topliss-reactive ketones (excluding diaryl/α,β-unsaturated/α-hetero) is 1. The fourth-order valence-electron chi connectivity index (χ4n) is 2.34. The van der Waals surface area contributed by atoms with Gasteiger partial charge in [0.15, 0.2) is 5.78 Å². The van der Waals surface area contributed by atoms with E-state index in [0.717, 1.165) is 30.1 Å². The van der Waals surface area contributed by atoms with Crippen molar-refractivity contribution in [3.63, 3.8) is 0 Å². The standard InChI is InChI=1S/C13H13N3O2/c17-13-3-5-14-12-7-10(1-2-11(12)13)16-6-4-9(8-16)15-18/h1-2,5,7,18H,3-4,6,8H2. The molecule has 2 aliphatic rings. The topological polar surface area (TPSA) is 65.3 Å². The molecule has 0 unspecified atom stereocenters. The van der Waals surface area contributed by atoms with Crippen LogP contribution in [-0.2, 0) is 0 Å². The molecule has 5 nitrogen and oxygen atoms in total. The fraction of sp³-hybridized carbons (Fsp3) is 0.308. The maximum absolute atomic E-state index is 11.7. The quantitative estimate of drug-likeness (QED) is 0.606. The Hall–Kier alpha value is -2.17. The van der Waals surface area contributed by atoms with E-state index in [0.29, 0.717) is 18.5 Å². The van der Waals surface area contributed by atoms with Crippen molar-refractivity contribution in [2.45, 2.75) is 12.8 Å². The molecule has 5 heteroatoms. The molecule has 1 aromatic rings. The highest BCUT2D eigenvalue weighted by atomic mass is 16.4. The van der Waals surface area contributed by atoms with Gasteiger partial charge < -0.3 is 10.1 Å². The number of carbonyl (C=O) groups is 1. The lowest BCUT2D eigenvalue weighted by molar-refractivity contribution is 0.100. The van der Waals surface area contributed by atoms with Crippen LogP contribution < -0.4 is 4.90 Å². The number of rotatable bonds is 1. The van der Waals surface area contributed by atoms with E-state index >= 15 is 0 Å². The Labute approximate surface area is 104 Å². The summed E-state index contributed by atoms with van der Waals surface area (Å²) in [6, 6.07) is 5.68. The lowest BCUT2D eigenvalue weighted by atomic mass is 10.0. The molecule has 92 valence electrons. The fourth-order valence-corrected chi connectivity index (χ4v) is 2.34. The average Bonchev–Trinajstić information content (AvgIpc) is 2.87. The Kier molecular flexibility index (Phi) is 2.59. The number of benzene rings is 1. The minimum Gasteiger partial charge on any atom is -0.411 e. The molecule has 0 spiro atoms. The van der Waals surface area contributed by atoms with Crippen LogP contribution in [0.1, 0.15) is 23.2 Å². The Morgan fingerprint density at radius 2 is 2.28 bits per heavy atom. The first-order valence-electron chi connectivity index (χ1n) is 5.92. The first kappa shape index (κ1) is 11.0. The molecule has 2 aliphatic heterocycles. The molecule has 18 heavy (non-hydrogen) atoms. The van der Waals surface area contributed by atoms with Crippen LogP contribution in [0.15, 0.2) is 28.3 Å². The summed E-state index contributed by atoms with van der Waals surface area (Å²) in [4.78, 5) is 18.0. The van der Waals surface area contributed by atoms with Crippen LogP contribution in [0.4, 0.5) is 11.4 Å². The normalized spacial score (nSPS) is 20.6. The van der Waals surface area contributed by atoms with Gasteiger partial charge in [-0.25, -0.2) is 0 Å². The zero-order valence-electron chi connectivity index (χ0n) is 9.83. The molecule has 0 radical (unpaired) electrons. The summed E-state index contributed by atoms with van der Waals surface area (Å²) in [5.41, 5.74) is 3.22. The summed E-state index contributed by atoms with van der Waals surface area (Å²) in [5.74, 6) is 0.116. The second-order valence-corrected chi connectivity index (χ2v) is 4.48. The average molecular weight is 243 g/mol. The maximum Gasteiger partial charge on any atom is 0.170 e. The van der Waals surface area contributed by atoms with Crippen molar-refractivity contribution < 1.29 is 10.0 Å². The van der Waals surface area contributed by atoms with Crippen molar-refractivity contribution in [2.75, 3.05) is 18.0 Å². The lowest BCUT2D eigenvalue weighted by Crippen LogP contribution is -2.19. The van der Waals surface area contributed by atoms with Crippen molar-refractivity contribution in [3.05, 3.63) is 23.8 Å². The van der Waals surface area contributed by atoms with Crippen molar-refractivity contribution in [2.24, 2.45) is 10.1 Å². The summed E-state index contributed by atoms with van der Waals surface area (Å²) in [7, 11) is 0. The Morgan fingerprint density at radius 3 is 3.06 bits per heavy atom. The number of hydrogen-bond donors (Lipinski definition) is 1. The third kappa shape index (κ3) is 1.77. The van der Waals surface area contributed by atoms with E-state index in [-0.39, 0.29) is 5.78 Å². The predicted molar refractivity (Wildman–Crippen MR) is 69.6 cm³/mol. The van der Waals surface area contributed by atoms with Gasteiger partial charge in [-0.1, -0.05) is 5.16 Å². The highest BCUT2D eigenvalue weighted by Gasteiger charge is 2.21. The molecule has 1 N–H and O–H groups in total. The zero-order chi connectivity index (χ0) is 12.5. The van der Waals surface area contributed by atoms with E-state index in [9.17, 15) is 4.79 Å². The van der Waals surface area contributed by atoms with E-state index in [1.807, 2.05) is 18.2 Å². The molecule has 2 heterocycles. The van der Waals surface area contributed by atoms with Crippen LogP contribution in [0.25, 0.3) is 0 Å². The number of carbonyl (C=O) groups excluding carboxylic acids is 1. The van der Waals surface area contributed by atoms with Gasteiger partial charge in [0, 0.05) is 36.9 Å². The smallest absolute Gasteiger partial charge is 0.170 e. The third-order valence-electron chi connectivity index (χ3n) is 3.34. The number of aliphatic imine (C=N–C) groups is 1. The molecule has 0 aromatic heterocycles. The number of anilines is 1. The lowest BCUT2D eigenvalue weighted by Gasteiger charge is -2.19. The molecule has 0 atom stereocenters. The summed E-state index contributed by atoms with van der Waals surface area (Å²) < 4.78 is 0. The molecule has 1 aromatic carbocycles. The molecule has 1 saturated heterocycles. The van der Waals surface area contributed by atoms with E-state index in [1.165, 1.54) is 0 Å². The predicted octanol–water partition coefficient (Wildman–Crippen LogP) is 2.02. The molecule has 3 rings (SSSR count). The Morgan fingerprint density at radius 1 is 1.39 bits per heavy atom. The number of nitrogens with zero attached hydrogens (tertiary/aromatic N) is 3. The second kappa shape index (κ2) is 4.25. The molecular formula is C13H13N3O2. The van der Waals surface area contributed by atoms with Gasteiger partial charge >= 0.3 is 0 Å². The van der Waals surface area contributed by atoms with Gasteiger partial charge in [-0.05, 0) is 18.2 Å². The van der Waals surface area contributed by atoms with Crippen LogP contribution in [-0.4, -0.2) is 36.0 Å². The largest absolute Gasteiger partial charge is 0.411 e. The van der Waals surface area contributed by atoms with Crippen LogP contribution in [0.2, 0.25) is 0 Å². The van der Waals surface area contributed by atoms with E-state index < -0.39 is 0 Å².